The Hall–Kier alpha value is -3.19. The zero-order chi connectivity index (χ0) is 23.0. The van der Waals surface area contributed by atoms with Gasteiger partial charge in [-0.05, 0) is 49.4 Å². The third kappa shape index (κ3) is 6.65. The molecule has 7 heteroatoms. The van der Waals surface area contributed by atoms with Gasteiger partial charge in [0, 0.05) is 31.5 Å². The number of carboxylic acids is 1. The van der Waals surface area contributed by atoms with Gasteiger partial charge in [-0.1, -0.05) is 59.8 Å². The van der Waals surface area contributed by atoms with Gasteiger partial charge in [-0.3, -0.25) is 15.1 Å². The number of nitrogens with one attached hydrogen (secondary N) is 2. The molecule has 0 saturated carbocycles. The minimum Gasteiger partial charge on any atom is -0.481 e. The van der Waals surface area contributed by atoms with Crippen LogP contribution in [0.1, 0.15) is 42.4 Å². The van der Waals surface area contributed by atoms with Crippen LogP contribution in [0.2, 0.25) is 0 Å². The number of hydrogen-bond acceptors (Lipinski definition) is 5. The molecule has 1 saturated heterocycles. The molecule has 0 radical (unpaired) electrons. The Kier molecular flexibility index (Phi) is 7.73. The van der Waals surface area contributed by atoms with Crippen LogP contribution >= 0.6 is 0 Å². The van der Waals surface area contributed by atoms with E-state index in [1.165, 1.54) is 5.56 Å². The van der Waals surface area contributed by atoms with Crippen molar-refractivity contribution in [3.05, 3.63) is 71.3 Å². The van der Waals surface area contributed by atoms with E-state index >= 15 is 0 Å². The highest BCUT2D eigenvalue weighted by Gasteiger charge is 2.27. The quantitative estimate of drug-likeness (QED) is 0.403. The summed E-state index contributed by atoms with van der Waals surface area (Å²) in [7, 11) is 0. The van der Waals surface area contributed by atoms with Crippen LogP contribution in [0.25, 0.3) is 0 Å². The van der Waals surface area contributed by atoms with E-state index in [0.717, 1.165) is 68.7 Å². The number of piperidine rings is 1. The normalized spacial score (nSPS) is 19.0. The zero-order valence-electron chi connectivity index (χ0n) is 18.9. The lowest BCUT2D eigenvalue weighted by atomic mass is 9.93. The van der Waals surface area contributed by atoms with E-state index in [-0.39, 0.29) is 12.5 Å². The number of amidine groups is 1. The fourth-order valence-electron chi connectivity index (χ4n) is 4.51. The van der Waals surface area contributed by atoms with E-state index in [0.29, 0.717) is 11.8 Å². The van der Waals surface area contributed by atoms with Gasteiger partial charge in [-0.25, -0.2) is 0 Å². The van der Waals surface area contributed by atoms with Gasteiger partial charge in [-0.15, -0.1) is 0 Å². The molecule has 0 aromatic heterocycles. The maximum atomic E-state index is 10.9. The van der Waals surface area contributed by atoms with E-state index in [9.17, 15) is 4.79 Å². The van der Waals surface area contributed by atoms with Gasteiger partial charge in [-0.2, -0.15) is 0 Å². The highest BCUT2D eigenvalue weighted by Crippen LogP contribution is 2.23. The van der Waals surface area contributed by atoms with Gasteiger partial charge in [0.25, 0.3) is 0 Å². The maximum absolute atomic E-state index is 10.9. The van der Waals surface area contributed by atoms with Crippen molar-refractivity contribution in [1.82, 2.24) is 10.2 Å². The Balaban J connectivity index is 1.20. The molecule has 3 N–H and O–H groups in total. The summed E-state index contributed by atoms with van der Waals surface area (Å²) < 4.78 is 0. The van der Waals surface area contributed by atoms with Crippen LogP contribution in [0.15, 0.2) is 59.8 Å². The maximum Gasteiger partial charge on any atom is 0.303 e. The highest BCUT2D eigenvalue weighted by molar-refractivity contribution is 6.02. The van der Waals surface area contributed by atoms with Crippen LogP contribution in [0.5, 0.6) is 0 Å². The Morgan fingerprint density at radius 1 is 1.12 bits per heavy atom. The standard InChI is InChI=1S/C26H32N4O3/c27-26(28-13-10-19-4-2-1-3-5-19)22-8-6-21(7-9-22)24-17-23(33-29-24)18-30-14-11-20(12-15-30)16-25(31)32/h1-9,20,23H,10-18H2,(H2,27,28)(H,31,32). The van der Waals surface area contributed by atoms with E-state index in [1.807, 2.05) is 42.5 Å². The van der Waals surface area contributed by atoms with Crippen molar-refractivity contribution >= 4 is 17.5 Å². The van der Waals surface area contributed by atoms with E-state index in [2.05, 4.69) is 27.5 Å². The first-order valence-corrected chi connectivity index (χ1v) is 11.7. The van der Waals surface area contributed by atoms with E-state index in [1.54, 1.807) is 0 Å². The number of benzene rings is 2. The predicted molar refractivity (Wildman–Crippen MR) is 129 cm³/mol. The molecule has 0 bridgehead atoms. The monoisotopic (exact) mass is 448 g/mol. The number of carbonyl (C=O) groups is 1. The van der Waals surface area contributed by atoms with Crippen molar-refractivity contribution in [2.75, 3.05) is 26.2 Å². The highest BCUT2D eigenvalue weighted by atomic mass is 16.6. The van der Waals surface area contributed by atoms with Crippen LogP contribution in [-0.4, -0.2) is 59.8 Å². The molecular weight excluding hydrogens is 416 g/mol. The molecule has 0 spiro atoms. The summed E-state index contributed by atoms with van der Waals surface area (Å²) in [6, 6.07) is 18.2. The molecule has 174 valence electrons. The molecule has 33 heavy (non-hydrogen) atoms. The van der Waals surface area contributed by atoms with Crippen molar-refractivity contribution in [1.29, 1.82) is 5.41 Å². The first-order chi connectivity index (χ1) is 16.1. The second kappa shape index (κ2) is 11.1. The summed E-state index contributed by atoms with van der Waals surface area (Å²) in [5, 5.41) is 24.8. The fourth-order valence-corrected chi connectivity index (χ4v) is 4.51. The molecule has 2 aromatic rings. The number of aliphatic carboxylic acids is 1. The van der Waals surface area contributed by atoms with Crippen LogP contribution in [0, 0.1) is 11.3 Å². The van der Waals surface area contributed by atoms with Crippen LogP contribution in [0.3, 0.4) is 0 Å². The number of nitrogens with zero attached hydrogens (tertiary/aromatic N) is 2. The SMILES string of the molecule is N=C(NCCc1ccccc1)c1ccc(C2=NOC(CN3CCC(CC(=O)O)CC3)C2)cc1. The molecule has 0 amide bonds. The van der Waals surface area contributed by atoms with Crippen molar-refractivity contribution in [2.24, 2.45) is 11.1 Å². The molecule has 0 aliphatic carbocycles. The van der Waals surface area contributed by atoms with Crippen LogP contribution in [0.4, 0.5) is 0 Å². The van der Waals surface area contributed by atoms with Crippen molar-refractivity contribution < 1.29 is 14.7 Å². The number of carboxylic acid groups (broad SMARTS) is 1. The van der Waals surface area contributed by atoms with E-state index < -0.39 is 5.97 Å². The average Bonchev–Trinajstić information content (AvgIpc) is 3.29. The summed E-state index contributed by atoms with van der Waals surface area (Å²) in [6.45, 7) is 3.38. The van der Waals surface area contributed by atoms with Gasteiger partial charge in [0.1, 0.15) is 11.9 Å². The average molecular weight is 449 g/mol. The second-order valence-electron chi connectivity index (χ2n) is 8.93. The van der Waals surface area contributed by atoms with Gasteiger partial charge in [0.15, 0.2) is 0 Å². The molecule has 2 aliphatic rings. The summed E-state index contributed by atoms with van der Waals surface area (Å²) in [4.78, 5) is 18.9. The van der Waals surface area contributed by atoms with Crippen molar-refractivity contribution in [3.63, 3.8) is 0 Å². The molecule has 2 aromatic carbocycles. The van der Waals surface area contributed by atoms with Gasteiger partial charge < -0.3 is 15.3 Å². The largest absolute Gasteiger partial charge is 0.481 e. The Morgan fingerprint density at radius 3 is 2.55 bits per heavy atom. The fraction of sp³-hybridized carbons (Fsp3) is 0.423. The molecule has 2 heterocycles. The minimum atomic E-state index is -0.699. The topological polar surface area (TPSA) is 98.0 Å². The number of hydrogen-bond donors (Lipinski definition) is 3. The molecule has 4 rings (SSSR count). The summed E-state index contributed by atoms with van der Waals surface area (Å²) in [6.07, 6.45) is 3.82. The first kappa shape index (κ1) is 23.0. The third-order valence-electron chi connectivity index (χ3n) is 6.43. The minimum absolute atomic E-state index is 0.0358. The van der Waals surface area contributed by atoms with Gasteiger partial charge >= 0.3 is 5.97 Å². The predicted octanol–water partition coefficient (Wildman–Crippen LogP) is 3.52. The lowest BCUT2D eigenvalue weighted by Crippen LogP contribution is -2.39. The second-order valence-corrected chi connectivity index (χ2v) is 8.93. The van der Waals surface area contributed by atoms with Crippen LogP contribution in [-0.2, 0) is 16.1 Å². The molecule has 1 unspecified atom stereocenters. The number of rotatable bonds is 9. The Labute approximate surface area is 194 Å². The smallest absolute Gasteiger partial charge is 0.303 e. The van der Waals surface area contributed by atoms with E-state index in [4.69, 9.17) is 15.4 Å². The van der Waals surface area contributed by atoms with Crippen molar-refractivity contribution in [3.8, 4) is 0 Å². The molecule has 1 fully saturated rings. The third-order valence-corrected chi connectivity index (χ3v) is 6.43. The van der Waals surface area contributed by atoms with Crippen molar-refractivity contribution in [2.45, 2.75) is 38.2 Å². The lowest BCUT2D eigenvalue weighted by Gasteiger charge is -2.32. The molecule has 1 atom stereocenters. The first-order valence-electron chi connectivity index (χ1n) is 11.7. The number of likely N-dealkylation sites (tertiary alicyclic amines) is 1. The lowest BCUT2D eigenvalue weighted by molar-refractivity contribution is -0.138. The summed E-state index contributed by atoms with van der Waals surface area (Å²) in [5.41, 5.74) is 4.08. The molecule has 2 aliphatic heterocycles. The van der Waals surface area contributed by atoms with Crippen LogP contribution < -0.4 is 5.32 Å². The molecule has 7 nitrogen and oxygen atoms in total. The van der Waals surface area contributed by atoms with Gasteiger partial charge in [0.2, 0.25) is 0 Å². The Bertz CT molecular complexity index is 967. The number of oxime groups is 1. The summed E-state index contributed by atoms with van der Waals surface area (Å²) >= 11 is 0. The Morgan fingerprint density at radius 2 is 1.85 bits per heavy atom. The molecular formula is C26H32N4O3. The zero-order valence-corrected chi connectivity index (χ0v) is 18.9. The van der Waals surface area contributed by atoms with Gasteiger partial charge in [0.05, 0.1) is 5.71 Å². The summed E-state index contributed by atoms with van der Waals surface area (Å²) in [5.74, 6) is 0.0149.